The lowest BCUT2D eigenvalue weighted by Gasteiger charge is -2.28. The molecule has 0 spiro atoms. The van der Waals surface area contributed by atoms with E-state index < -0.39 is 53.8 Å². The first-order valence-electron chi connectivity index (χ1n) is 10.6. The number of rotatable bonds is 15. The van der Waals surface area contributed by atoms with Crippen molar-refractivity contribution in [2.45, 2.75) is 77.5 Å². The molecule has 11 nitrogen and oxygen atoms in total. The second kappa shape index (κ2) is 14.7. The van der Waals surface area contributed by atoms with Crippen LogP contribution in [0, 0.1) is 11.8 Å². The minimum absolute atomic E-state index is 0.00538. The van der Waals surface area contributed by atoms with Gasteiger partial charge >= 0.3 is 5.97 Å². The van der Waals surface area contributed by atoms with E-state index in [9.17, 15) is 29.1 Å². The molecule has 0 bridgehead atoms. The lowest BCUT2D eigenvalue weighted by atomic mass is 9.96. The number of carbonyl (C=O) groups excluding carboxylic acids is 4. The number of nitrogens with one attached hydrogen (secondary N) is 3. The lowest BCUT2D eigenvalue weighted by Crippen LogP contribution is -2.59. The molecule has 0 aliphatic heterocycles. The van der Waals surface area contributed by atoms with Crippen LogP contribution in [-0.2, 0) is 24.0 Å². The highest BCUT2D eigenvalue weighted by Gasteiger charge is 2.32. The molecular weight excluding hydrogens is 438 g/mol. The number of nitrogens with two attached hydrogens (primary N) is 2. The third kappa shape index (κ3) is 10.8. The van der Waals surface area contributed by atoms with E-state index in [0.29, 0.717) is 6.42 Å². The maximum Gasteiger partial charge on any atom is 0.326 e. The van der Waals surface area contributed by atoms with Gasteiger partial charge in [0.05, 0.1) is 6.04 Å². The predicted molar refractivity (Wildman–Crippen MR) is 123 cm³/mol. The van der Waals surface area contributed by atoms with Gasteiger partial charge in [-0.25, -0.2) is 4.79 Å². The van der Waals surface area contributed by atoms with E-state index in [1.807, 2.05) is 20.8 Å². The van der Waals surface area contributed by atoms with Crippen LogP contribution in [-0.4, -0.2) is 64.6 Å². The highest BCUT2D eigenvalue weighted by Crippen LogP contribution is 2.11. The molecule has 184 valence electrons. The first-order chi connectivity index (χ1) is 14.8. The van der Waals surface area contributed by atoms with Gasteiger partial charge in [0.2, 0.25) is 23.6 Å². The van der Waals surface area contributed by atoms with E-state index >= 15 is 0 Å². The average Bonchev–Trinajstić information content (AvgIpc) is 2.71. The minimum Gasteiger partial charge on any atom is -0.480 e. The quantitative estimate of drug-likeness (QED) is 0.150. The molecule has 0 radical (unpaired) electrons. The van der Waals surface area contributed by atoms with Crippen LogP contribution in [0.25, 0.3) is 0 Å². The topological polar surface area (TPSA) is 194 Å². The van der Waals surface area contributed by atoms with E-state index in [4.69, 9.17) is 11.5 Å². The molecule has 0 heterocycles. The number of hydrogen-bond donors (Lipinski definition) is 7. The summed E-state index contributed by atoms with van der Waals surface area (Å²) >= 11 is 3.99. The molecule has 0 aliphatic carbocycles. The maximum atomic E-state index is 13.0. The summed E-state index contributed by atoms with van der Waals surface area (Å²) < 4.78 is 0. The van der Waals surface area contributed by atoms with Gasteiger partial charge in [0.25, 0.3) is 0 Å². The van der Waals surface area contributed by atoms with E-state index in [1.54, 1.807) is 6.92 Å². The summed E-state index contributed by atoms with van der Waals surface area (Å²) in [6.45, 7) is 7.31. The Morgan fingerprint density at radius 1 is 0.938 bits per heavy atom. The molecule has 12 heteroatoms. The Morgan fingerprint density at radius 3 is 1.94 bits per heavy atom. The van der Waals surface area contributed by atoms with Crippen molar-refractivity contribution in [3.8, 4) is 0 Å². The zero-order valence-corrected chi connectivity index (χ0v) is 20.0. The summed E-state index contributed by atoms with van der Waals surface area (Å²) in [5.41, 5.74) is 10.7. The standard InChI is InChI=1S/C20H37N5O6S/c1-5-11(4)16(25-17(27)12(21)9-32)19(29)24-14(8-10(2)3)18(28)23-13(20(30)31)6-7-15(22)26/h10-14,16,32H,5-9,21H2,1-4H3,(H2,22,26)(H,23,28)(H,24,29)(H,25,27)(H,30,31). The molecule has 0 aromatic rings. The van der Waals surface area contributed by atoms with Crippen molar-refractivity contribution in [3.05, 3.63) is 0 Å². The maximum absolute atomic E-state index is 13.0. The van der Waals surface area contributed by atoms with Crippen LogP contribution in [0.2, 0.25) is 0 Å². The molecular formula is C20H37N5O6S. The highest BCUT2D eigenvalue weighted by molar-refractivity contribution is 7.80. The first-order valence-corrected chi connectivity index (χ1v) is 11.3. The molecule has 4 amide bonds. The summed E-state index contributed by atoms with van der Waals surface area (Å²) in [7, 11) is 0. The molecule has 0 saturated carbocycles. The molecule has 0 fully saturated rings. The Labute approximate surface area is 194 Å². The van der Waals surface area contributed by atoms with Crippen LogP contribution in [0.5, 0.6) is 0 Å². The highest BCUT2D eigenvalue weighted by atomic mass is 32.1. The molecule has 8 N–H and O–H groups in total. The van der Waals surface area contributed by atoms with Crippen LogP contribution < -0.4 is 27.4 Å². The van der Waals surface area contributed by atoms with Crippen molar-refractivity contribution in [3.63, 3.8) is 0 Å². The largest absolute Gasteiger partial charge is 0.480 e. The second-order valence-electron chi connectivity index (χ2n) is 8.26. The van der Waals surface area contributed by atoms with E-state index in [1.165, 1.54) is 0 Å². The number of carboxylic acids is 1. The predicted octanol–water partition coefficient (Wildman–Crippen LogP) is -0.860. The van der Waals surface area contributed by atoms with E-state index in [2.05, 4.69) is 28.6 Å². The monoisotopic (exact) mass is 475 g/mol. The van der Waals surface area contributed by atoms with Gasteiger partial charge in [0.1, 0.15) is 18.1 Å². The normalized spacial score (nSPS) is 15.7. The summed E-state index contributed by atoms with van der Waals surface area (Å²) in [4.78, 5) is 60.4. The number of carboxylic acid groups (broad SMARTS) is 1. The molecule has 0 aliphatic rings. The average molecular weight is 476 g/mol. The number of amides is 4. The SMILES string of the molecule is CCC(C)C(NC(=O)C(N)CS)C(=O)NC(CC(C)C)C(=O)NC(CCC(N)=O)C(=O)O. The van der Waals surface area contributed by atoms with Crippen molar-refractivity contribution in [1.29, 1.82) is 0 Å². The summed E-state index contributed by atoms with van der Waals surface area (Å²) in [6.07, 6.45) is 0.415. The third-order valence-electron chi connectivity index (χ3n) is 4.96. The van der Waals surface area contributed by atoms with E-state index in [0.717, 1.165) is 0 Å². The number of primary amides is 1. The van der Waals surface area contributed by atoms with Crippen molar-refractivity contribution in [2.24, 2.45) is 23.3 Å². The van der Waals surface area contributed by atoms with Gasteiger partial charge in [-0.3, -0.25) is 19.2 Å². The smallest absolute Gasteiger partial charge is 0.326 e. The minimum atomic E-state index is -1.33. The molecule has 0 saturated heterocycles. The molecule has 5 unspecified atom stereocenters. The molecule has 0 aromatic carbocycles. The fraction of sp³-hybridized carbons (Fsp3) is 0.750. The van der Waals surface area contributed by atoms with Gasteiger partial charge in [0, 0.05) is 12.2 Å². The number of carbonyl (C=O) groups is 5. The van der Waals surface area contributed by atoms with Crippen molar-refractivity contribution in [2.75, 3.05) is 5.75 Å². The van der Waals surface area contributed by atoms with E-state index in [-0.39, 0.29) is 36.9 Å². The van der Waals surface area contributed by atoms with Gasteiger partial charge in [0.15, 0.2) is 0 Å². The second-order valence-corrected chi connectivity index (χ2v) is 8.62. The molecule has 0 rings (SSSR count). The van der Waals surface area contributed by atoms with Crippen LogP contribution in [0.15, 0.2) is 0 Å². The fourth-order valence-corrected chi connectivity index (χ4v) is 2.99. The third-order valence-corrected chi connectivity index (χ3v) is 5.35. The molecule has 0 aromatic heterocycles. The van der Waals surface area contributed by atoms with Gasteiger partial charge in [-0.05, 0) is 24.7 Å². The number of hydrogen-bond acceptors (Lipinski definition) is 7. The van der Waals surface area contributed by atoms with Crippen LogP contribution in [0.4, 0.5) is 0 Å². The van der Waals surface area contributed by atoms with Gasteiger partial charge in [-0.15, -0.1) is 0 Å². The zero-order chi connectivity index (χ0) is 25.0. The number of thiol groups is 1. The van der Waals surface area contributed by atoms with Crippen molar-refractivity contribution >= 4 is 42.2 Å². The Bertz CT molecular complexity index is 675. The molecule has 32 heavy (non-hydrogen) atoms. The Morgan fingerprint density at radius 2 is 1.50 bits per heavy atom. The zero-order valence-electron chi connectivity index (χ0n) is 19.1. The van der Waals surface area contributed by atoms with Gasteiger partial charge < -0.3 is 32.5 Å². The van der Waals surface area contributed by atoms with Crippen molar-refractivity contribution in [1.82, 2.24) is 16.0 Å². The molecule has 5 atom stereocenters. The fourth-order valence-electron chi connectivity index (χ4n) is 2.83. The summed E-state index contributed by atoms with van der Waals surface area (Å²) in [5.74, 6) is -3.99. The van der Waals surface area contributed by atoms with Crippen LogP contribution in [0.1, 0.15) is 53.4 Å². The van der Waals surface area contributed by atoms with Crippen LogP contribution in [0.3, 0.4) is 0 Å². The van der Waals surface area contributed by atoms with Crippen LogP contribution >= 0.6 is 12.6 Å². The Kier molecular flexibility index (Phi) is 13.6. The summed E-state index contributed by atoms with van der Waals surface area (Å²) in [6, 6.07) is -4.21. The first kappa shape index (κ1) is 29.7. The van der Waals surface area contributed by atoms with Gasteiger partial charge in [-0.2, -0.15) is 12.6 Å². The Hall–Kier alpha value is -2.34. The summed E-state index contributed by atoms with van der Waals surface area (Å²) in [5, 5.41) is 16.9. The number of aliphatic carboxylic acids is 1. The van der Waals surface area contributed by atoms with Crippen molar-refractivity contribution < 1.29 is 29.1 Å². The van der Waals surface area contributed by atoms with Gasteiger partial charge in [-0.1, -0.05) is 34.1 Å². The Balaban J connectivity index is 5.51. The lowest BCUT2D eigenvalue weighted by molar-refractivity contribution is -0.142.